The minimum absolute atomic E-state index is 0.544. The minimum atomic E-state index is 0.544. The van der Waals surface area contributed by atoms with E-state index in [-0.39, 0.29) is 0 Å². The average Bonchev–Trinajstić information content (AvgIpc) is 3.18. The van der Waals surface area contributed by atoms with Crippen molar-refractivity contribution < 1.29 is 4.74 Å². The summed E-state index contributed by atoms with van der Waals surface area (Å²) >= 11 is 6.21. The van der Waals surface area contributed by atoms with Gasteiger partial charge in [-0.2, -0.15) is 4.98 Å². The Kier molecular flexibility index (Phi) is 4.60. The van der Waals surface area contributed by atoms with E-state index in [1.54, 1.807) is 13.3 Å². The first-order valence-electron chi connectivity index (χ1n) is 6.28. The summed E-state index contributed by atoms with van der Waals surface area (Å²) in [5.41, 5.74) is 0. The van der Waals surface area contributed by atoms with Crippen LogP contribution in [0.15, 0.2) is 6.20 Å². The first-order valence-corrected chi connectivity index (χ1v) is 6.66. The molecule has 1 fully saturated rings. The molecular formula is C12H19ClN4O. The van der Waals surface area contributed by atoms with Crippen molar-refractivity contribution in [1.29, 1.82) is 0 Å². The molecule has 1 aromatic heterocycles. The van der Waals surface area contributed by atoms with Crippen LogP contribution in [0.3, 0.4) is 0 Å². The molecule has 2 rings (SSSR count). The highest BCUT2D eigenvalue weighted by molar-refractivity contribution is 6.32. The molecule has 0 unspecified atom stereocenters. The molecule has 18 heavy (non-hydrogen) atoms. The summed E-state index contributed by atoms with van der Waals surface area (Å²) in [5.74, 6) is 1.43. The lowest BCUT2D eigenvalue weighted by atomic mass is 10.4. The molecule has 100 valence electrons. The predicted octanol–water partition coefficient (Wildman–Crippen LogP) is 2.18. The molecule has 0 aromatic carbocycles. The van der Waals surface area contributed by atoms with Crippen LogP contribution in [-0.4, -0.2) is 42.8 Å². The summed E-state index contributed by atoms with van der Waals surface area (Å²) in [4.78, 5) is 10.9. The number of hydrogen-bond donors (Lipinski definition) is 1. The summed E-state index contributed by atoms with van der Waals surface area (Å²) in [6.07, 6.45) is 4.05. The van der Waals surface area contributed by atoms with Crippen LogP contribution in [0.5, 0.6) is 0 Å². The van der Waals surface area contributed by atoms with Crippen LogP contribution in [-0.2, 0) is 4.74 Å². The van der Waals surface area contributed by atoms with Crippen LogP contribution < -0.4 is 10.2 Å². The Balaban J connectivity index is 2.19. The number of halogens is 1. The number of aromatic nitrogens is 2. The van der Waals surface area contributed by atoms with Crippen LogP contribution in [0.2, 0.25) is 5.02 Å². The van der Waals surface area contributed by atoms with E-state index in [1.165, 1.54) is 12.8 Å². The van der Waals surface area contributed by atoms with Gasteiger partial charge in [-0.3, -0.25) is 0 Å². The summed E-state index contributed by atoms with van der Waals surface area (Å²) in [6, 6.07) is 0.544. The van der Waals surface area contributed by atoms with Gasteiger partial charge in [0.25, 0.3) is 0 Å². The Morgan fingerprint density at radius 1 is 1.56 bits per heavy atom. The molecule has 1 aromatic rings. The Labute approximate surface area is 113 Å². The molecule has 1 heterocycles. The fourth-order valence-electron chi connectivity index (χ4n) is 1.84. The van der Waals surface area contributed by atoms with Gasteiger partial charge in [0.1, 0.15) is 5.02 Å². The zero-order valence-electron chi connectivity index (χ0n) is 10.8. The molecule has 0 atom stereocenters. The maximum Gasteiger partial charge on any atom is 0.224 e. The minimum Gasteiger partial charge on any atom is -0.383 e. The largest absolute Gasteiger partial charge is 0.383 e. The van der Waals surface area contributed by atoms with Crippen LogP contribution in [0.1, 0.15) is 19.8 Å². The fraction of sp³-hybridized carbons (Fsp3) is 0.667. The number of ether oxygens (including phenoxy) is 1. The maximum atomic E-state index is 6.21. The van der Waals surface area contributed by atoms with E-state index in [4.69, 9.17) is 16.3 Å². The summed E-state index contributed by atoms with van der Waals surface area (Å²) in [7, 11) is 1.71. The van der Waals surface area contributed by atoms with Gasteiger partial charge >= 0.3 is 0 Å². The highest BCUT2D eigenvalue weighted by atomic mass is 35.5. The molecule has 6 heteroatoms. The normalized spacial score (nSPS) is 14.6. The van der Waals surface area contributed by atoms with Gasteiger partial charge in [0, 0.05) is 26.2 Å². The SMILES string of the molecule is CCNc1ncc(Cl)c(N(CCOC)C2CC2)n1. The number of nitrogens with one attached hydrogen (secondary N) is 1. The van der Waals surface area contributed by atoms with Crippen molar-refractivity contribution in [3.63, 3.8) is 0 Å². The quantitative estimate of drug-likeness (QED) is 0.823. The molecule has 1 N–H and O–H groups in total. The van der Waals surface area contributed by atoms with E-state index in [1.807, 2.05) is 6.92 Å². The molecule has 1 saturated carbocycles. The summed E-state index contributed by atoms with van der Waals surface area (Å²) in [6.45, 7) is 4.29. The second kappa shape index (κ2) is 6.20. The van der Waals surface area contributed by atoms with Gasteiger partial charge in [0.2, 0.25) is 5.95 Å². The molecule has 0 aliphatic heterocycles. The van der Waals surface area contributed by atoms with E-state index in [9.17, 15) is 0 Å². The Morgan fingerprint density at radius 2 is 2.33 bits per heavy atom. The van der Waals surface area contributed by atoms with Gasteiger partial charge < -0.3 is 15.0 Å². The predicted molar refractivity (Wildman–Crippen MR) is 73.4 cm³/mol. The number of anilines is 2. The lowest BCUT2D eigenvalue weighted by Gasteiger charge is -2.24. The second-order valence-electron chi connectivity index (χ2n) is 4.31. The van der Waals surface area contributed by atoms with Crippen molar-refractivity contribution in [3.05, 3.63) is 11.2 Å². The number of rotatable bonds is 7. The maximum absolute atomic E-state index is 6.21. The van der Waals surface area contributed by atoms with Crippen LogP contribution >= 0.6 is 11.6 Å². The third kappa shape index (κ3) is 3.23. The van der Waals surface area contributed by atoms with Crippen LogP contribution in [0.4, 0.5) is 11.8 Å². The van der Waals surface area contributed by atoms with E-state index < -0.39 is 0 Å². The van der Waals surface area contributed by atoms with E-state index in [0.717, 1.165) is 18.9 Å². The molecule has 0 saturated heterocycles. The molecule has 0 bridgehead atoms. The Morgan fingerprint density at radius 3 is 2.94 bits per heavy atom. The van der Waals surface area contributed by atoms with E-state index >= 15 is 0 Å². The van der Waals surface area contributed by atoms with Crippen LogP contribution in [0.25, 0.3) is 0 Å². The Bertz CT molecular complexity index is 398. The van der Waals surface area contributed by atoms with Gasteiger partial charge in [0.15, 0.2) is 5.82 Å². The molecule has 0 radical (unpaired) electrons. The summed E-state index contributed by atoms with van der Waals surface area (Å²) < 4.78 is 5.15. The van der Waals surface area contributed by atoms with Crippen molar-refractivity contribution >= 4 is 23.4 Å². The van der Waals surface area contributed by atoms with Crippen molar-refractivity contribution in [2.45, 2.75) is 25.8 Å². The van der Waals surface area contributed by atoms with Gasteiger partial charge in [-0.1, -0.05) is 11.6 Å². The number of hydrogen-bond acceptors (Lipinski definition) is 5. The molecule has 0 amide bonds. The molecule has 0 spiro atoms. The number of methoxy groups -OCH3 is 1. The third-order valence-corrected chi connectivity index (χ3v) is 3.12. The number of nitrogens with zero attached hydrogens (tertiary/aromatic N) is 3. The summed E-state index contributed by atoms with van der Waals surface area (Å²) in [5, 5.41) is 3.70. The van der Waals surface area contributed by atoms with Gasteiger partial charge in [-0.25, -0.2) is 4.98 Å². The lowest BCUT2D eigenvalue weighted by Crippen LogP contribution is -2.30. The zero-order chi connectivity index (χ0) is 13.0. The lowest BCUT2D eigenvalue weighted by molar-refractivity contribution is 0.204. The highest BCUT2D eigenvalue weighted by Crippen LogP contribution is 2.34. The molecule has 1 aliphatic carbocycles. The highest BCUT2D eigenvalue weighted by Gasteiger charge is 2.31. The van der Waals surface area contributed by atoms with E-state index in [2.05, 4.69) is 20.2 Å². The van der Waals surface area contributed by atoms with Gasteiger partial charge in [-0.05, 0) is 19.8 Å². The van der Waals surface area contributed by atoms with E-state index in [0.29, 0.717) is 23.6 Å². The first kappa shape index (κ1) is 13.4. The van der Waals surface area contributed by atoms with Crippen LogP contribution in [0, 0.1) is 0 Å². The smallest absolute Gasteiger partial charge is 0.224 e. The first-order chi connectivity index (χ1) is 8.76. The molecule has 1 aliphatic rings. The molecule has 5 nitrogen and oxygen atoms in total. The second-order valence-corrected chi connectivity index (χ2v) is 4.72. The molecular weight excluding hydrogens is 252 g/mol. The Hall–Kier alpha value is -1.07. The van der Waals surface area contributed by atoms with Gasteiger partial charge in [-0.15, -0.1) is 0 Å². The topological polar surface area (TPSA) is 50.3 Å². The van der Waals surface area contributed by atoms with Gasteiger partial charge in [0.05, 0.1) is 12.8 Å². The van der Waals surface area contributed by atoms with Crippen molar-refractivity contribution in [1.82, 2.24) is 9.97 Å². The standard InChI is InChI=1S/C12H19ClN4O/c1-3-14-12-15-8-10(13)11(16-12)17(6-7-18-2)9-4-5-9/h8-9H,3-7H2,1-2H3,(H,14,15,16). The van der Waals surface area contributed by atoms with Crippen molar-refractivity contribution in [3.8, 4) is 0 Å². The monoisotopic (exact) mass is 270 g/mol. The fourth-order valence-corrected chi connectivity index (χ4v) is 2.04. The van der Waals surface area contributed by atoms with Crippen molar-refractivity contribution in [2.24, 2.45) is 0 Å². The zero-order valence-corrected chi connectivity index (χ0v) is 11.6. The third-order valence-electron chi connectivity index (χ3n) is 2.86. The average molecular weight is 271 g/mol. The van der Waals surface area contributed by atoms with Crippen molar-refractivity contribution in [2.75, 3.05) is 37.0 Å².